The van der Waals surface area contributed by atoms with E-state index in [1.54, 1.807) is 29.6 Å². The van der Waals surface area contributed by atoms with Crippen LogP contribution in [0.4, 0.5) is 0 Å². The van der Waals surface area contributed by atoms with Crippen molar-refractivity contribution in [2.45, 2.75) is 45.1 Å². The second-order valence-electron chi connectivity index (χ2n) is 9.91. The molecule has 2 aliphatic rings. The van der Waals surface area contributed by atoms with Gasteiger partial charge in [-0.05, 0) is 62.4 Å². The summed E-state index contributed by atoms with van der Waals surface area (Å²) in [7, 11) is 3.36. The van der Waals surface area contributed by atoms with E-state index < -0.39 is 0 Å². The molecule has 0 spiro atoms. The Kier molecular flexibility index (Phi) is 6.59. The third-order valence-corrected chi connectivity index (χ3v) is 7.84. The standard InChI is InChI=1S/C26H35N5O3/c1-29-23-9-8-20(34-2)14-21(23)25-22(26(29)33)15-28-31(25)17-24(32)27-11-5-12-30-13-10-18-6-3-4-7-19(18)16-30/h8-9,14-15,18-19H,3-7,10-13,16-17H2,1-2H3,(H,27,32). The summed E-state index contributed by atoms with van der Waals surface area (Å²) in [6.07, 6.45) is 9.45. The van der Waals surface area contributed by atoms with Crippen molar-refractivity contribution in [3.63, 3.8) is 0 Å². The molecule has 2 atom stereocenters. The number of aryl methyl sites for hydroxylation is 1. The molecule has 1 saturated carbocycles. The van der Waals surface area contributed by atoms with E-state index in [-0.39, 0.29) is 18.0 Å². The van der Waals surface area contributed by atoms with E-state index in [0.29, 0.717) is 23.2 Å². The quantitative estimate of drug-likeness (QED) is 0.543. The fourth-order valence-electron chi connectivity index (χ4n) is 5.96. The van der Waals surface area contributed by atoms with Crippen molar-refractivity contribution < 1.29 is 9.53 Å². The SMILES string of the molecule is COc1ccc2c(c1)c1c(cnn1CC(=O)NCCCN1CCC3CCCCC3C1)c(=O)n2C. The lowest BCUT2D eigenvalue weighted by Crippen LogP contribution is -2.42. The molecule has 1 aromatic carbocycles. The number of hydrogen-bond donors (Lipinski definition) is 1. The highest BCUT2D eigenvalue weighted by Gasteiger charge is 2.30. The van der Waals surface area contributed by atoms with Crippen LogP contribution in [0.15, 0.2) is 29.2 Å². The van der Waals surface area contributed by atoms with Crippen LogP contribution in [0.3, 0.4) is 0 Å². The second kappa shape index (κ2) is 9.78. The number of hydrogen-bond acceptors (Lipinski definition) is 5. The molecule has 3 aromatic rings. The summed E-state index contributed by atoms with van der Waals surface area (Å²) in [6, 6.07) is 5.59. The first kappa shape index (κ1) is 22.9. The van der Waals surface area contributed by atoms with E-state index in [4.69, 9.17) is 4.74 Å². The molecule has 8 heteroatoms. The van der Waals surface area contributed by atoms with Crippen LogP contribution in [0, 0.1) is 11.8 Å². The molecule has 1 saturated heterocycles. The Morgan fingerprint density at radius 1 is 1.18 bits per heavy atom. The zero-order chi connectivity index (χ0) is 23.7. The molecule has 3 heterocycles. The maximum absolute atomic E-state index is 12.8. The molecule has 5 rings (SSSR count). The van der Waals surface area contributed by atoms with Crippen molar-refractivity contribution >= 4 is 27.7 Å². The summed E-state index contributed by atoms with van der Waals surface area (Å²) >= 11 is 0. The number of fused-ring (bicyclic) bond motifs is 4. The van der Waals surface area contributed by atoms with Crippen LogP contribution in [0.25, 0.3) is 21.8 Å². The largest absolute Gasteiger partial charge is 0.497 e. The summed E-state index contributed by atoms with van der Waals surface area (Å²) < 4.78 is 8.62. The highest BCUT2D eigenvalue weighted by Crippen LogP contribution is 2.36. The van der Waals surface area contributed by atoms with E-state index >= 15 is 0 Å². The number of pyridine rings is 1. The van der Waals surface area contributed by atoms with Crippen molar-refractivity contribution in [2.75, 3.05) is 33.3 Å². The smallest absolute Gasteiger partial charge is 0.261 e. The molecule has 8 nitrogen and oxygen atoms in total. The molecule has 2 aromatic heterocycles. The molecule has 2 fully saturated rings. The van der Waals surface area contributed by atoms with Gasteiger partial charge >= 0.3 is 0 Å². The molecule has 34 heavy (non-hydrogen) atoms. The minimum Gasteiger partial charge on any atom is -0.497 e. The summed E-state index contributed by atoms with van der Waals surface area (Å²) in [5, 5.41) is 8.76. The van der Waals surface area contributed by atoms with E-state index in [1.165, 1.54) is 45.2 Å². The first-order valence-corrected chi connectivity index (χ1v) is 12.6. The number of amides is 1. The zero-order valence-electron chi connectivity index (χ0n) is 20.3. The number of ether oxygens (including phenoxy) is 1. The molecule has 1 aliphatic carbocycles. The molecule has 1 aliphatic heterocycles. The molecular weight excluding hydrogens is 430 g/mol. The van der Waals surface area contributed by atoms with Crippen LogP contribution in [-0.4, -0.2) is 58.4 Å². The highest BCUT2D eigenvalue weighted by molar-refractivity contribution is 6.04. The molecule has 182 valence electrons. The normalized spacial score (nSPS) is 21.0. The average Bonchev–Trinajstić information content (AvgIpc) is 3.28. The van der Waals surface area contributed by atoms with Crippen molar-refractivity contribution in [3.8, 4) is 5.75 Å². The predicted molar refractivity (Wildman–Crippen MR) is 133 cm³/mol. The van der Waals surface area contributed by atoms with Gasteiger partial charge in [0.05, 0.1) is 29.7 Å². The van der Waals surface area contributed by atoms with Gasteiger partial charge in [-0.3, -0.25) is 14.3 Å². The Balaban J connectivity index is 1.21. The van der Waals surface area contributed by atoms with Crippen molar-refractivity contribution in [1.29, 1.82) is 0 Å². The minimum absolute atomic E-state index is 0.0798. The zero-order valence-corrected chi connectivity index (χ0v) is 20.3. The van der Waals surface area contributed by atoms with Crippen molar-refractivity contribution in [1.82, 2.24) is 24.6 Å². The monoisotopic (exact) mass is 465 g/mol. The maximum Gasteiger partial charge on any atom is 0.261 e. The summed E-state index contributed by atoms with van der Waals surface area (Å²) in [5.74, 6) is 2.43. The van der Waals surface area contributed by atoms with Gasteiger partial charge in [-0.1, -0.05) is 19.3 Å². The number of nitrogens with zero attached hydrogens (tertiary/aromatic N) is 4. The van der Waals surface area contributed by atoms with E-state index in [2.05, 4.69) is 15.3 Å². The molecule has 1 amide bonds. The second-order valence-corrected chi connectivity index (χ2v) is 9.91. The van der Waals surface area contributed by atoms with Crippen molar-refractivity contribution in [2.24, 2.45) is 18.9 Å². The van der Waals surface area contributed by atoms with Crippen LogP contribution >= 0.6 is 0 Å². The Morgan fingerprint density at radius 2 is 2.00 bits per heavy atom. The minimum atomic E-state index is -0.124. The maximum atomic E-state index is 12.8. The van der Waals surface area contributed by atoms with Crippen LogP contribution in [0.5, 0.6) is 5.75 Å². The number of carbonyl (C=O) groups is 1. The number of rotatable bonds is 7. The summed E-state index contributed by atoms with van der Waals surface area (Å²) in [6.45, 7) is 4.19. The number of aromatic nitrogens is 3. The van der Waals surface area contributed by atoms with Gasteiger partial charge in [0.2, 0.25) is 5.91 Å². The summed E-state index contributed by atoms with van der Waals surface area (Å²) in [5.41, 5.74) is 1.32. The number of carbonyl (C=O) groups excluding carboxylic acids is 1. The van der Waals surface area contributed by atoms with E-state index in [1.807, 2.05) is 18.2 Å². The first-order valence-electron chi connectivity index (χ1n) is 12.6. The molecule has 0 radical (unpaired) electrons. The van der Waals surface area contributed by atoms with Gasteiger partial charge in [0.25, 0.3) is 5.56 Å². The predicted octanol–water partition coefficient (Wildman–Crippen LogP) is 2.92. The number of nitrogens with one attached hydrogen (secondary N) is 1. The average molecular weight is 466 g/mol. The van der Waals surface area contributed by atoms with Gasteiger partial charge in [0, 0.05) is 25.5 Å². The van der Waals surface area contributed by atoms with Crippen LogP contribution in [0.2, 0.25) is 0 Å². The lowest BCUT2D eigenvalue weighted by Gasteiger charge is -2.41. The number of methoxy groups -OCH3 is 1. The van der Waals surface area contributed by atoms with Gasteiger partial charge in [-0.15, -0.1) is 0 Å². The molecule has 2 unspecified atom stereocenters. The first-order chi connectivity index (χ1) is 16.5. The van der Waals surface area contributed by atoms with Gasteiger partial charge in [0.15, 0.2) is 0 Å². The third kappa shape index (κ3) is 4.43. The van der Waals surface area contributed by atoms with Gasteiger partial charge in [-0.2, -0.15) is 5.10 Å². The third-order valence-electron chi connectivity index (χ3n) is 7.84. The Labute approximate surface area is 199 Å². The van der Waals surface area contributed by atoms with Gasteiger partial charge in [-0.25, -0.2) is 0 Å². The van der Waals surface area contributed by atoms with Gasteiger partial charge in [0.1, 0.15) is 12.3 Å². The highest BCUT2D eigenvalue weighted by atomic mass is 16.5. The lowest BCUT2D eigenvalue weighted by molar-refractivity contribution is -0.121. The van der Waals surface area contributed by atoms with Crippen LogP contribution < -0.4 is 15.6 Å². The molecular formula is C26H35N5O3. The Hall–Kier alpha value is -2.87. The Morgan fingerprint density at radius 3 is 2.82 bits per heavy atom. The topological polar surface area (TPSA) is 81.4 Å². The van der Waals surface area contributed by atoms with Crippen molar-refractivity contribution in [3.05, 3.63) is 34.7 Å². The fraction of sp³-hybridized carbons (Fsp3) is 0.577. The van der Waals surface area contributed by atoms with Crippen LogP contribution in [0.1, 0.15) is 38.5 Å². The number of benzene rings is 1. The number of likely N-dealkylation sites (tertiary alicyclic amines) is 1. The number of piperidine rings is 1. The van der Waals surface area contributed by atoms with Crippen LogP contribution in [-0.2, 0) is 18.4 Å². The van der Waals surface area contributed by atoms with E-state index in [9.17, 15) is 9.59 Å². The molecule has 1 N–H and O–H groups in total. The van der Waals surface area contributed by atoms with E-state index in [0.717, 1.165) is 35.7 Å². The fourth-order valence-corrected chi connectivity index (χ4v) is 5.96. The lowest BCUT2D eigenvalue weighted by atomic mass is 9.75. The Bertz CT molecular complexity index is 1250. The van der Waals surface area contributed by atoms with Gasteiger partial charge < -0.3 is 19.5 Å². The summed E-state index contributed by atoms with van der Waals surface area (Å²) in [4.78, 5) is 28.1. The molecule has 0 bridgehead atoms.